The van der Waals surface area contributed by atoms with Crippen molar-refractivity contribution < 1.29 is 23.9 Å². The molecule has 0 unspecified atom stereocenters. The molecule has 0 fully saturated rings. The number of ether oxygens (including phenoxy) is 2. The van der Waals surface area contributed by atoms with Crippen molar-refractivity contribution in [2.45, 2.75) is 0 Å². The van der Waals surface area contributed by atoms with Gasteiger partial charge in [-0.1, -0.05) is 29.3 Å². The van der Waals surface area contributed by atoms with Crippen molar-refractivity contribution >= 4 is 46.5 Å². The Morgan fingerprint density at radius 3 is 2.80 bits per heavy atom. The van der Waals surface area contributed by atoms with Gasteiger partial charge in [-0.15, -0.1) is 0 Å². The van der Waals surface area contributed by atoms with Crippen LogP contribution in [0.2, 0.25) is 10.0 Å². The van der Waals surface area contributed by atoms with Crippen LogP contribution in [-0.2, 0) is 9.53 Å². The first-order valence-corrected chi connectivity index (χ1v) is 7.92. The van der Waals surface area contributed by atoms with E-state index in [2.05, 4.69) is 5.32 Å². The van der Waals surface area contributed by atoms with Gasteiger partial charge in [-0.2, -0.15) is 0 Å². The number of hydrogen-bond acceptors (Lipinski definition) is 5. The van der Waals surface area contributed by atoms with E-state index in [1.165, 1.54) is 24.3 Å². The highest BCUT2D eigenvalue weighted by Gasteiger charge is 2.19. The lowest BCUT2D eigenvalue weighted by molar-refractivity contribution is -0.118. The summed E-state index contributed by atoms with van der Waals surface area (Å²) < 4.78 is 10.2. The number of hydrogen-bond donors (Lipinski definition) is 1. The number of benzene rings is 2. The molecule has 1 amide bonds. The van der Waals surface area contributed by atoms with E-state index >= 15 is 0 Å². The van der Waals surface area contributed by atoms with E-state index in [0.717, 1.165) is 0 Å². The molecule has 0 saturated heterocycles. The molecule has 2 aromatic carbocycles. The lowest BCUT2D eigenvalue weighted by atomic mass is 10.1. The second kappa shape index (κ2) is 7.13. The number of anilines is 1. The van der Waals surface area contributed by atoms with Crippen molar-refractivity contribution in [2.75, 3.05) is 18.5 Å². The zero-order valence-electron chi connectivity index (χ0n) is 12.7. The van der Waals surface area contributed by atoms with Crippen LogP contribution in [0.1, 0.15) is 20.7 Å². The van der Waals surface area contributed by atoms with Gasteiger partial charge in [-0.05, 0) is 30.3 Å². The van der Waals surface area contributed by atoms with Gasteiger partial charge in [0, 0.05) is 5.56 Å². The van der Waals surface area contributed by atoms with Crippen LogP contribution in [0.5, 0.6) is 5.75 Å². The highest BCUT2D eigenvalue weighted by molar-refractivity contribution is 6.43. The van der Waals surface area contributed by atoms with E-state index in [9.17, 15) is 14.4 Å². The summed E-state index contributed by atoms with van der Waals surface area (Å²) in [5.74, 6) is -1.03. The average Bonchev–Trinajstić information content (AvgIpc) is 2.61. The van der Waals surface area contributed by atoms with Crippen LogP contribution >= 0.6 is 23.2 Å². The molecule has 0 radical (unpaired) electrons. The third kappa shape index (κ3) is 3.75. The summed E-state index contributed by atoms with van der Waals surface area (Å²) in [4.78, 5) is 35.6. The summed E-state index contributed by atoms with van der Waals surface area (Å²) in [6, 6.07) is 9.10. The molecule has 1 aliphatic rings. The lowest BCUT2D eigenvalue weighted by Gasteiger charge is -2.18. The zero-order valence-corrected chi connectivity index (χ0v) is 14.2. The molecular weight excluding hydrogens is 369 g/mol. The molecule has 0 aromatic heterocycles. The monoisotopic (exact) mass is 379 g/mol. The van der Waals surface area contributed by atoms with Gasteiger partial charge in [0.1, 0.15) is 5.75 Å². The second-order valence-corrected chi connectivity index (χ2v) is 5.93. The number of rotatable bonds is 4. The summed E-state index contributed by atoms with van der Waals surface area (Å²) in [6.45, 7) is -0.548. The molecule has 0 saturated carbocycles. The maximum absolute atomic E-state index is 12.2. The minimum atomic E-state index is -0.754. The van der Waals surface area contributed by atoms with E-state index in [1.807, 2.05) is 0 Å². The molecule has 25 heavy (non-hydrogen) atoms. The van der Waals surface area contributed by atoms with Gasteiger partial charge in [0.2, 0.25) is 0 Å². The van der Waals surface area contributed by atoms with Gasteiger partial charge in [-0.3, -0.25) is 9.59 Å². The largest absolute Gasteiger partial charge is 0.482 e. The molecule has 8 heteroatoms. The summed E-state index contributed by atoms with van der Waals surface area (Å²) in [6.07, 6.45) is 0. The fourth-order valence-corrected chi connectivity index (χ4v) is 2.59. The Kier molecular flexibility index (Phi) is 4.92. The molecule has 1 aliphatic heterocycles. The van der Waals surface area contributed by atoms with Crippen molar-refractivity contribution in [3.05, 3.63) is 57.6 Å². The quantitative estimate of drug-likeness (QED) is 0.650. The normalized spacial score (nSPS) is 12.6. The van der Waals surface area contributed by atoms with Crippen molar-refractivity contribution in [1.82, 2.24) is 0 Å². The van der Waals surface area contributed by atoms with Gasteiger partial charge in [0.15, 0.2) is 19.0 Å². The Labute approximate surface area is 152 Å². The van der Waals surface area contributed by atoms with Crippen LogP contribution in [0.15, 0.2) is 36.4 Å². The maximum atomic E-state index is 12.2. The Balaban J connectivity index is 1.68. The predicted molar refractivity (Wildman–Crippen MR) is 91.6 cm³/mol. The summed E-state index contributed by atoms with van der Waals surface area (Å²) in [7, 11) is 0. The topological polar surface area (TPSA) is 81.7 Å². The smallest absolute Gasteiger partial charge is 0.340 e. The van der Waals surface area contributed by atoms with Crippen LogP contribution in [0.3, 0.4) is 0 Å². The Morgan fingerprint density at radius 2 is 2.00 bits per heavy atom. The minimum Gasteiger partial charge on any atom is -0.482 e. The maximum Gasteiger partial charge on any atom is 0.340 e. The minimum absolute atomic E-state index is 0.0651. The number of nitrogens with one attached hydrogen (secondary N) is 1. The molecular formula is C17H11Cl2NO5. The predicted octanol–water partition coefficient (Wildman–Crippen LogP) is 3.36. The van der Waals surface area contributed by atoms with Crippen LogP contribution in [-0.4, -0.2) is 30.9 Å². The first-order valence-electron chi connectivity index (χ1n) is 7.17. The summed E-state index contributed by atoms with van der Waals surface area (Å²) in [5.41, 5.74) is 0.744. The molecule has 0 aliphatic carbocycles. The number of halogens is 2. The molecule has 0 spiro atoms. The van der Waals surface area contributed by atoms with E-state index < -0.39 is 18.4 Å². The number of ketones is 1. The van der Waals surface area contributed by atoms with Gasteiger partial charge in [0.25, 0.3) is 5.91 Å². The number of amides is 1. The molecule has 6 nitrogen and oxygen atoms in total. The van der Waals surface area contributed by atoms with Gasteiger partial charge in [-0.25, -0.2) is 4.79 Å². The van der Waals surface area contributed by atoms with Gasteiger partial charge in [0.05, 0.1) is 21.3 Å². The molecule has 1 heterocycles. The number of esters is 1. The summed E-state index contributed by atoms with van der Waals surface area (Å²) in [5, 5.41) is 2.88. The standard InChI is InChI=1S/C17H11Cl2NO5/c18-11-3-1-2-10(16(11)19)17(23)25-7-13(21)9-4-5-14-12(6-9)20-15(22)8-24-14/h1-6H,7-8H2,(H,20,22). The number of carbonyl (C=O) groups excluding carboxylic acids is 3. The summed E-state index contributed by atoms with van der Waals surface area (Å²) >= 11 is 11.8. The van der Waals surface area contributed by atoms with Crippen LogP contribution in [0, 0.1) is 0 Å². The molecule has 3 rings (SSSR count). The number of carbonyl (C=O) groups is 3. The first kappa shape index (κ1) is 17.3. The van der Waals surface area contributed by atoms with Crippen molar-refractivity contribution in [2.24, 2.45) is 0 Å². The molecule has 0 atom stereocenters. The van der Waals surface area contributed by atoms with Crippen LogP contribution in [0.25, 0.3) is 0 Å². The Morgan fingerprint density at radius 1 is 1.20 bits per heavy atom. The van der Waals surface area contributed by atoms with E-state index in [4.69, 9.17) is 32.7 Å². The van der Waals surface area contributed by atoms with E-state index in [0.29, 0.717) is 11.4 Å². The van der Waals surface area contributed by atoms with Crippen molar-refractivity contribution in [1.29, 1.82) is 0 Å². The molecule has 1 N–H and O–H groups in total. The molecule has 0 bridgehead atoms. The van der Waals surface area contributed by atoms with Crippen molar-refractivity contribution in [3.63, 3.8) is 0 Å². The zero-order chi connectivity index (χ0) is 18.0. The third-order valence-corrected chi connectivity index (χ3v) is 4.26. The molecule has 128 valence electrons. The van der Waals surface area contributed by atoms with Gasteiger partial charge >= 0.3 is 5.97 Å². The Bertz CT molecular complexity index is 881. The van der Waals surface area contributed by atoms with E-state index in [-0.39, 0.29) is 33.7 Å². The fraction of sp³-hybridized carbons (Fsp3) is 0.118. The highest BCUT2D eigenvalue weighted by atomic mass is 35.5. The highest BCUT2D eigenvalue weighted by Crippen LogP contribution is 2.29. The first-order chi connectivity index (χ1) is 12.0. The Hall–Kier alpha value is -2.57. The third-order valence-electron chi connectivity index (χ3n) is 3.44. The van der Waals surface area contributed by atoms with Crippen LogP contribution < -0.4 is 10.1 Å². The van der Waals surface area contributed by atoms with Crippen molar-refractivity contribution in [3.8, 4) is 5.75 Å². The van der Waals surface area contributed by atoms with Gasteiger partial charge < -0.3 is 14.8 Å². The number of fused-ring (bicyclic) bond motifs is 1. The number of Topliss-reactive ketones (excluding diaryl/α,β-unsaturated/α-hetero) is 1. The fourth-order valence-electron chi connectivity index (χ4n) is 2.21. The molecule has 2 aromatic rings. The SMILES string of the molecule is O=C1COc2ccc(C(=O)COC(=O)c3cccc(Cl)c3Cl)cc2N1. The average molecular weight is 380 g/mol. The lowest BCUT2D eigenvalue weighted by Crippen LogP contribution is -2.25. The van der Waals surface area contributed by atoms with E-state index in [1.54, 1.807) is 12.1 Å². The van der Waals surface area contributed by atoms with Crippen LogP contribution in [0.4, 0.5) is 5.69 Å². The second-order valence-electron chi connectivity index (χ2n) is 5.15.